The highest BCUT2D eigenvalue weighted by atomic mass is 16.3. The molecule has 17 heavy (non-hydrogen) atoms. The van der Waals surface area contributed by atoms with E-state index < -0.39 is 0 Å². The Morgan fingerprint density at radius 3 is 2.06 bits per heavy atom. The van der Waals surface area contributed by atoms with Crippen LogP contribution in [0.5, 0.6) is 5.75 Å². The minimum Gasteiger partial charge on any atom is -0.507 e. The number of rotatable bonds is 0. The van der Waals surface area contributed by atoms with Gasteiger partial charge in [0.15, 0.2) is 0 Å². The van der Waals surface area contributed by atoms with Crippen LogP contribution in [0.2, 0.25) is 0 Å². The lowest BCUT2D eigenvalue weighted by atomic mass is 9.96. The Morgan fingerprint density at radius 2 is 1.47 bits per heavy atom. The number of nitriles is 3. The first-order valence-corrected chi connectivity index (χ1v) is 4.72. The molecule has 0 amide bonds. The molecule has 4 nitrogen and oxygen atoms in total. The van der Waals surface area contributed by atoms with Crippen LogP contribution in [0.25, 0.3) is 10.8 Å². The van der Waals surface area contributed by atoms with Crippen LogP contribution in [0, 0.1) is 34.0 Å². The van der Waals surface area contributed by atoms with E-state index in [0.29, 0.717) is 10.8 Å². The zero-order valence-corrected chi connectivity index (χ0v) is 8.60. The van der Waals surface area contributed by atoms with E-state index in [1.165, 1.54) is 24.3 Å². The Balaban J connectivity index is 3.10. The third-order valence-corrected chi connectivity index (χ3v) is 2.51. The molecule has 0 aliphatic heterocycles. The molecule has 0 aromatic heterocycles. The standard InChI is InChI=1S/C13H5N3O/c14-5-8-1-3-10-12(17)4-2-9(6-15)13(10)11(8)7-16/h1-4,17H. The van der Waals surface area contributed by atoms with Gasteiger partial charge in [-0.05, 0) is 24.3 Å². The molecule has 0 saturated carbocycles. The molecule has 0 aliphatic carbocycles. The summed E-state index contributed by atoms with van der Waals surface area (Å²) in [5.74, 6) is -0.0139. The van der Waals surface area contributed by atoms with Gasteiger partial charge < -0.3 is 5.11 Å². The molecular formula is C13H5N3O. The lowest BCUT2D eigenvalue weighted by Gasteiger charge is -2.05. The molecule has 0 heterocycles. The van der Waals surface area contributed by atoms with E-state index in [1.54, 1.807) is 0 Å². The predicted octanol–water partition coefficient (Wildman–Crippen LogP) is 2.16. The first kappa shape index (κ1) is 10.5. The van der Waals surface area contributed by atoms with E-state index in [4.69, 9.17) is 15.8 Å². The topological polar surface area (TPSA) is 91.6 Å². The molecule has 2 rings (SSSR count). The number of nitrogens with zero attached hydrogens (tertiary/aromatic N) is 3. The van der Waals surface area contributed by atoms with Gasteiger partial charge in [0.05, 0.1) is 22.8 Å². The summed E-state index contributed by atoms with van der Waals surface area (Å²) in [6, 6.07) is 11.6. The van der Waals surface area contributed by atoms with Crippen molar-refractivity contribution in [2.24, 2.45) is 0 Å². The summed E-state index contributed by atoms with van der Waals surface area (Å²) in [6.45, 7) is 0. The van der Waals surface area contributed by atoms with Crippen LogP contribution in [-0.4, -0.2) is 5.11 Å². The highest BCUT2D eigenvalue weighted by Gasteiger charge is 2.13. The number of fused-ring (bicyclic) bond motifs is 1. The second kappa shape index (κ2) is 3.85. The molecule has 0 radical (unpaired) electrons. The molecule has 4 heteroatoms. The SMILES string of the molecule is N#Cc1ccc2c(O)ccc(C#N)c2c1C#N. The Kier molecular flexibility index (Phi) is 2.37. The fourth-order valence-corrected chi connectivity index (χ4v) is 1.73. The van der Waals surface area contributed by atoms with E-state index in [1.807, 2.05) is 18.2 Å². The van der Waals surface area contributed by atoms with Gasteiger partial charge in [-0.3, -0.25) is 0 Å². The maximum Gasteiger partial charge on any atom is 0.123 e. The smallest absolute Gasteiger partial charge is 0.123 e. The summed E-state index contributed by atoms with van der Waals surface area (Å²) in [5.41, 5.74) is 0.589. The van der Waals surface area contributed by atoms with Gasteiger partial charge in [0, 0.05) is 10.8 Å². The first-order valence-electron chi connectivity index (χ1n) is 4.72. The van der Waals surface area contributed by atoms with Crippen molar-refractivity contribution in [1.29, 1.82) is 15.8 Å². The second-order valence-corrected chi connectivity index (χ2v) is 3.38. The number of phenolic OH excluding ortho intramolecular Hbond substituents is 1. The summed E-state index contributed by atoms with van der Waals surface area (Å²) in [7, 11) is 0. The molecule has 0 saturated heterocycles. The van der Waals surface area contributed by atoms with Crippen LogP contribution in [-0.2, 0) is 0 Å². The monoisotopic (exact) mass is 219 g/mol. The highest BCUT2D eigenvalue weighted by molar-refractivity contribution is 5.98. The van der Waals surface area contributed by atoms with E-state index in [2.05, 4.69) is 0 Å². The Morgan fingerprint density at radius 1 is 0.824 bits per heavy atom. The zero-order chi connectivity index (χ0) is 12.4. The van der Waals surface area contributed by atoms with Crippen molar-refractivity contribution in [2.45, 2.75) is 0 Å². The van der Waals surface area contributed by atoms with Gasteiger partial charge in [-0.2, -0.15) is 15.8 Å². The van der Waals surface area contributed by atoms with Crippen molar-refractivity contribution >= 4 is 10.8 Å². The number of hydrogen-bond acceptors (Lipinski definition) is 4. The van der Waals surface area contributed by atoms with Crippen LogP contribution in [0.3, 0.4) is 0 Å². The quantitative estimate of drug-likeness (QED) is 0.734. The highest BCUT2D eigenvalue weighted by Crippen LogP contribution is 2.31. The van der Waals surface area contributed by atoms with Gasteiger partial charge in [-0.15, -0.1) is 0 Å². The molecular weight excluding hydrogens is 214 g/mol. The molecule has 1 N–H and O–H groups in total. The van der Waals surface area contributed by atoms with E-state index in [-0.39, 0.29) is 22.4 Å². The summed E-state index contributed by atoms with van der Waals surface area (Å²) in [4.78, 5) is 0. The molecule has 0 aliphatic rings. The van der Waals surface area contributed by atoms with Gasteiger partial charge in [0.2, 0.25) is 0 Å². The van der Waals surface area contributed by atoms with E-state index >= 15 is 0 Å². The average molecular weight is 219 g/mol. The molecule has 2 aromatic carbocycles. The first-order chi connectivity index (χ1) is 8.22. The van der Waals surface area contributed by atoms with Crippen molar-refractivity contribution in [3.63, 3.8) is 0 Å². The fourth-order valence-electron chi connectivity index (χ4n) is 1.73. The summed E-state index contributed by atoms with van der Waals surface area (Å²) < 4.78 is 0. The number of hydrogen-bond donors (Lipinski definition) is 1. The van der Waals surface area contributed by atoms with Gasteiger partial charge in [0.25, 0.3) is 0 Å². The average Bonchev–Trinajstić information content (AvgIpc) is 2.38. The van der Waals surface area contributed by atoms with Gasteiger partial charge in [-0.1, -0.05) is 0 Å². The zero-order valence-electron chi connectivity index (χ0n) is 8.60. The van der Waals surface area contributed by atoms with Crippen molar-refractivity contribution in [3.05, 3.63) is 41.0 Å². The largest absolute Gasteiger partial charge is 0.507 e. The van der Waals surface area contributed by atoms with E-state index in [9.17, 15) is 5.11 Å². The maximum atomic E-state index is 9.67. The lowest BCUT2D eigenvalue weighted by Crippen LogP contribution is -1.90. The van der Waals surface area contributed by atoms with Crippen molar-refractivity contribution in [3.8, 4) is 24.0 Å². The van der Waals surface area contributed by atoms with Crippen LogP contribution in [0.1, 0.15) is 16.7 Å². The third-order valence-electron chi connectivity index (χ3n) is 2.51. The van der Waals surface area contributed by atoms with Crippen LogP contribution in [0.15, 0.2) is 24.3 Å². The molecule has 0 atom stereocenters. The summed E-state index contributed by atoms with van der Waals surface area (Å²) in [5, 5.41) is 37.4. The molecule has 0 unspecified atom stereocenters. The minimum absolute atomic E-state index is 0.0139. The Hall–Kier alpha value is -3.03. The minimum atomic E-state index is -0.0139. The van der Waals surface area contributed by atoms with Gasteiger partial charge in [-0.25, -0.2) is 0 Å². The fraction of sp³-hybridized carbons (Fsp3) is 0. The molecule has 0 spiro atoms. The Labute approximate surface area is 97.2 Å². The molecule has 0 bridgehead atoms. The lowest BCUT2D eigenvalue weighted by molar-refractivity contribution is 0.481. The summed E-state index contributed by atoms with van der Waals surface area (Å²) >= 11 is 0. The Bertz CT molecular complexity index is 742. The third kappa shape index (κ3) is 1.44. The van der Waals surface area contributed by atoms with Crippen LogP contribution in [0.4, 0.5) is 0 Å². The number of benzene rings is 2. The van der Waals surface area contributed by atoms with Crippen LogP contribution < -0.4 is 0 Å². The van der Waals surface area contributed by atoms with E-state index in [0.717, 1.165) is 0 Å². The van der Waals surface area contributed by atoms with Crippen molar-refractivity contribution in [1.82, 2.24) is 0 Å². The maximum absolute atomic E-state index is 9.67. The second-order valence-electron chi connectivity index (χ2n) is 3.38. The molecule has 0 fully saturated rings. The van der Waals surface area contributed by atoms with Gasteiger partial charge in [0.1, 0.15) is 17.9 Å². The van der Waals surface area contributed by atoms with Gasteiger partial charge >= 0.3 is 0 Å². The number of phenols is 1. The normalized spacial score (nSPS) is 9.24. The molecule has 2 aromatic rings. The van der Waals surface area contributed by atoms with Crippen LogP contribution >= 0.6 is 0 Å². The predicted molar refractivity (Wildman–Crippen MR) is 59.8 cm³/mol. The summed E-state index contributed by atoms with van der Waals surface area (Å²) in [6.07, 6.45) is 0. The van der Waals surface area contributed by atoms with Crippen molar-refractivity contribution < 1.29 is 5.11 Å². The number of aromatic hydroxyl groups is 1. The molecule has 78 valence electrons. The van der Waals surface area contributed by atoms with Crippen molar-refractivity contribution in [2.75, 3.05) is 0 Å².